The van der Waals surface area contributed by atoms with Crippen LogP contribution in [0, 0.1) is 0 Å². The van der Waals surface area contributed by atoms with Crippen molar-refractivity contribution in [3.05, 3.63) is 106 Å². The molecule has 1 N–H and O–H groups in total. The molecule has 3 nitrogen and oxygen atoms in total. The lowest BCUT2D eigenvalue weighted by molar-refractivity contribution is -0.138. The monoisotopic (exact) mass is 437 g/mol. The number of rotatable bonds is 8. The quantitative estimate of drug-likeness (QED) is 0.453. The fourth-order valence-corrected chi connectivity index (χ4v) is 3.96. The summed E-state index contributed by atoms with van der Waals surface area (Å²) in [5.74, 6) is -0.803. The third kappa shape index (κ3) is 5.31. The number of nitrogens with zero attached hydrogens (tertiary/aromatic N) is 1. The first kappa shape index (κ1) is 20.3. The van der Waals surface area contributed by atoms with Gasteiger partial charge < -0.3 is 5.11 Å². The van der Waals surface area contributed by atoms with E-state index in [4.69, 9.17) is 0 Å². The summed E-state index contributed by atoms with van der Waals surface area (Å²) in [6.45, 7) is 2.81. The molecular weight excluding hydrogens is 414 g/mol. The second-order valence-electron chi connectivity index (χ2n) is 6.91. The maximum atomic E-state index is 11.7. The van der Waals surface area contributed by atoms with Gasteiger partial charge in [-0.25, -0.2) is 0 Å². The number of hydrogen-bond donors (Lipinski definition) is 1. The summed E-state index contributed by atoms with van der Waals surface area (Å²) in [5, 5.41) is 9.64. The predicted molar refractivity (Wildman–Crippen MR) is 116 cm³/mol. The Morgan fingerprint density at radius 3 is 2.14 bits per heavy atom. The topological polar surface area (TPSA) is 40.5 Å². The zero-order valence-electron chi connectivity index (χ0n) is 15.8. The Hall–Kier alpha value is -2.43. The summed E-state index contributed by atoms with van der Waals surface area (Å²) >= 11 is 3.53. The van der Waals surface area contributed by atoms with Crippen LogP contribution in [0.25, 0.3) is 0 Å². The summed E-state index contributed by atoms with van der Waals surface area (Å²) in [7, 11) is 0. The average molecular weight is 438 g/mol. The Balaban J connectivity index is 2.03. The zero-order valence-corrected chi connectivity index (χ0v) is 17.4. The average Bonchev–Trinajstić information content (AvgIpc) is 2.71. The van der Waals surface area contributed by atoms with Crippen molar-refractivity contribution in [2.45, 2.75) is 32.0 Å². The number of carboxylic acid groups (broad SMARTS) is 1. The van der Waals surface area contributed by atoms with Gasteiger partial charge in [-0.15, -0.1) is 0 Å². The first-order valence-corrected chi connectivity index (χ1v) is 10.2. The second kappa shape index (κ2) is 9.67. The zero-order chi connectivity index (χ0) is 19.9. The third-order valence-corrected chi connectivity index (χ3v) is 5.48. The molecule has 0 aliphatic rings. The molecule has 0 bridgehead atoms. The van der Waals surface area contributed by atoms with E-state index in [2.05, 4.69) is 52.0 Å². The fourth-order valence-electron chi connectivity index (χ4n) is 3.54. The number of carboxylic acids is 1. The molecule has 0 aromatic heterocycles. The molecule has 0 aliphatic carbocycles. The Morgan fingerprint density at radius 2 is 1.54 bits per heavy atom. The molecule has 3 aromatic rings. The minimum absolute atomic E-state index is 0.0421. The molecule has 0 heterocycles. The largest absolute Gasteiger partial charge is 0.481 e. The molecular formula is C24H24BrNO2. The summed E-state index contributed by atoms with van der Waals surface area (Å²) in [6, 6.07) is 28.2. The number of halogens is 1. The van der Waals surface area contributed by atoms with Crippen molar-refractivity contribution in [3.8, 4) is 0 Å². The fraction of sp³-hybridized carbons (Fsp3) is 0.208. The Morgan fingerprint density at radius 1 is 0.929 bits per heavy atom. The standard InChI is InChI=1S/C24H24BrNO2/c1-18(20-11-6-3-7-12-20)26(17-19-9-4-2-5-10-19)23(16-24(27)28)21-13-8-14-22(25)15-21/h2-15,18,23H,16-17H2,1H3,(H,27,28). The van der Waals surface area contributed by atoms with Crippen LogP contribution in [0.5, 0.6) is 0 Å². The van der Waals surface area contributed by atoms with Crippen molar-refractivity contribution >= 4 is 21.9 Å². The maximum absolute atomic E-state index is 11.7. The highest BCUT2D eigenvalue weighted by atomic mass is 79.9. The van der Waals surface area contributed by atoms with E-state index in [0.29, 0.717) is 6.54 Å². The van der Waals surface area contributed by atoms with E-state index in [9.17, 15) is 9.90 Å². The van der Waals surface area contributed by atoms with Crippen LogP contribution in [-0.2, 0) is 11.3 Å². The van der Waals surface area contributed by atoms with Crippen LogP contribution in [0.1, 0.15) is 42.1 Å². The van der Waals surface area contributed by atoms with E-state index >= 15 is 0 Å². The van der Waals surface area contributed by atoms with E-state index in [1.165, 1.54) is 5.56 Å². The van der Waals surface area contributed by atoms with Crippen LogP contribution in [-0.4, -0.2) is 16.0 Å². The molecule has 4 heteroatoms. The van der Waals surface area contributed by atoms with Gasteiger partial charge in [-0.05, 0) is 35.7 Å². The van der Waals surface area contributed by atoms with Crippen LogP contribution < -0.4 is 0 Å². The predicted octanol–water partition coefficient (Wildman–Crippen LogP) is 6.23. The molecule has 28 heavy (non-hydrogen) atoms. The Kier molecular flexibility index (Phi) is 7.01. The minimum Gasteiger partial charge on any atom is -0.481 e. The van der Waals surface area contributed by atoms with Crippen LogP contribution >= 0.6 is 15.9 Å². The summed E-state index contributed by atoms with van der Waals surface area (Å²) in [6.07, 6.45) is 0.0421. The van der Waals surface area contributed by atoms with Crippen LogP contribution in [0.3, 0.4) is 0 Å². The highest BCUT2D eigenvalue weighted by Crippen LogP contribution is 2.35. The highest BCUT2D eigenvalue weighted by molar-refractivity contribution is 9.10. The molecule has 144 valence electrons. The highest BCUT2D eigenvalue weighted by Gasteiger charge is 2.28. The summed E-state index contributed by atoms with van der Waals surface area (Å²) in [4.78, 5) is 14.0. The molecule has 2 unspecified atom stereocenters. The van der Waals surface area contributed by atoms with Crippen molar-refractivity contribution in [3.63, 3.8) is 0 Å². The lowest BCUT2D eigenvalue weighted by Crippen LogP contribution is -2.32. The number of aliphatic carboxylic acids is 1. The lowest BCUT2D eigenvalue weighted by Gasteiger charge is -2.37. The molecule has 0 amide bonds. The van der Waals surface area contributed by atoms with Crippen molar-refractivity contribution in [1.29, 1.82) is 0 Å². The van der Waals surface area contributed by atoms with Crippen LogP contribution in [0.2, 0.25) is 0 Å². The van der Waals surface area contributed by atoms with Crippen LogP contribution in [0.4, 0.5) is 0 Å². The van der Waals surface area contributed by atoms with Gasteiger partial charge in [0, 0.05) is 23.1 Å². The van der Waals surface area contributed by atoms with Crippen molar-refractivity contribution in [2.24, 2.45) is 0 Å². The SMILES string of the molecule is CC(c1ccccc1)N(Cc1ccccc1)C(CC(=O)O)c1cccc(Br)c1. The number of carbonyl (C=O) groups is 1. The van der Waals surface area contributed by atoms with Gasteiger partial charge >= 0.3 is 5.97 Å². The van der Waals surface area contributed by atoms with Gasteiger partial charge in [-0.1, -0.05) is 88.7 Å². The van der Waals surface area contributed by atoms with Crippen molar-refractivity contribution < 1.29 is 9.90 Å². The van der Waals surface area contributed by atoms with E-state index in [1.54, 1.807) is 0 Å². The molecule has 3 rings (SSSR count). The molecule has 0 radical (unpaired) electrons. The molecule has 0 saturated heterocycles. The van der Waals surface area contributed by atoms with Crippen molar-refractivity contribution in [2.75, 3.05) is 0 Å². The normalized spacial score (nSPS) is 13.2. The smallest absolute Gasteiger partial charge is 0.305 e. The Labute approximate surface area is 174 Å². The maximum Gasteiger partial charge on any atom is 0.305 e. The van der Waals surface area contributed by atoms with Gasteiger partial charge in [0.05, 0.1) is 6.42 Å². The van der Waals surface area contributed by atoms with Gasteiger partial charge in [-0.2, -0.15) is 0 Å². The first-order chi connectivity index (χ1) is 13.5. The first-order valence-electron chi connectivity index (χ1n) is 9.36. The minimum atomic E-state index is -0.803. The molecule has 2 atom stereocenters. The van der Waals surface area contributed by atoms with E-state index in [-0.39, 0.29) is 18.5 Å². The summed E-state index contributed by atoms with van der Waals surface area (Å²) < 4.78 is 0.951. The third-order valence-electron chi connectivity index (χ3n) is 4.99. The number of hydrogen-bond acceptors (Lipinski definition) is 2. The number of benzene rings is 3. The molecule has 0 saturated carbocycles. The molecule has 3 aromatic carbocycles. The molecule has 0 spiro atoms. The van der Waals surface area contributed by atoms with Gasteiger partial charge in [0.1, 0.15) is 0 Å². The van der Waals surface area contributed by atoms with Gasteiger partial charge in [0.2, 0.25) is 0 Å². The van der Waals surface area contributed by atoms with Crippen LogP contribution in [0.15, 0.2) is 89.4 Å². The molecule has 0 fully saturated rings. The second-order valence-corrected chi connectivity index (χ2v) is 7.83. The van der Waals surface area contributed by atoms with Crippen molar-refractivity contribution in [1.82, 2.24) is 4.90 Å². The van der Waals surface area contributed by atoms with E-state index in [0.717, 1.165) is 15.6 Å². The summed E-state index contributed by atoms with van der Waals surface area (Å²) in [5.41, 5.74) is 3.33. The molecule has 0 aliphatic heterocycles. The van der Waals surface area contributed by atoms with Gasteiger partial charge in [0.15, 0.2) is 0 Å². The van der Waals surface area contributed by atoms with Gasteiger partial charge in [0.25, 0.3) is 0 Å². The Bertz CT molecular complexity index is 899. The lowest BCUT2D eigenvalue weighted by atomic mass is 9.96. The van der Waals surface area contributed by atoms with E-state index < -0.39 is 5.97 Å². The van der Waals surface area contributed by atoms with E-state index in [1.807, 2.05) is 60.7 Å². The van der Waals surface area contributed by atoms with Gasteiger partial charge in [-0.3, -0.25) is 9.69 Å².